The van der Waals surface area contributed by atoms with Gasteiger partial charge in [-0.25, -0.2) is 0 Å². The van der Waals surface area contributed by atoms with Gasteiger partial charge in [-0.3, -0.25) is 14.4 Å². The number of unbranched alkanes of at least 4 members (excludes halogenated alkanes) is 48. The quantitative estimate of drug-likeness (QED) is 0.0261. The Bertz CT molecular complexity index is 1210. The zero-order chi connectivity index (χ0) is 54.3. The highest BCUT2D eigenvalue weighted by Gasteiger charge is 2.19. The van der Waals surface area contributed by atoms with E-state index in [-0.39, 0.29) is 31.1 Å². The minimum absolute atomic E-state index is 0.0664. The minimum atomic E-state index is -0.769. The lowest BCUT2D eigenvalue weighted by atomic mass is 10.0. The number of rotatable bonds is 63. The number of ether oxygens (including phenoxy) is 3. The summed E-state index contributed by atoms with van der Waals surface area (Å²) >= 11 is 0. The standard InChI is InChI=1S/C69H130O6/c1-4-7-10-13-16-19-22-25-27-29-31-32-33-34-35-36-38-39-41-44-47-50-53-56-59-62-68(71)74-65-66(64-73-67(70)61-58-55-52-49-46-43-24-21-18-15-12-9-6-3)75-69(72)63-60-57-54-51-48-45-42-40-37-30-28-26-23-20-17-14-11-8-5-2/h26,28-29,31,66H,4-25,27,30,32-65H2,1-3H3/b28-26-,31-29-. The van der Waals surface area contributed by atoms with Crippen LogP contribution < -0.4 is 0 Å². The van der Waals surface area contributed by atoms with E-state index >= 15 is 0 Å². The molecule has 0 aliphatic carbocycles. The van der Waals surface area contributed by atoms with Gasteiger partial charge in [-0.05, 0) is 70.6 Å². The Hall–Kier alpha value is -2.11. The number of hydrogen-bond donors (Lipinski definition) is 0. The number of carbonyl (C=O) groups excluding carboxylic acids is 3. The van der Waals surface area contributed by atoms with Crippen LogP contribution in [-0.4, -0.2) is 37.2 Å². The molecule has 0 rings (SSSR count). The van der Waals surface area contributed by atoms with Crippen molar-refractivity contribution in [1.29, 1.82) is 0 Å². The topological polar surface area (TPSA) is 78.9 Å². The van der Waals surface area contributed by atoms with Gasteiger partial charge >= 0.3 is 17.9 Å². The second-order valence-electron chi connectivity index (χ2n) is 23.1. The van der Waals surface area contributed by atoms with Gasteiger partial charge in [0.15, 0.2) is 6.10 Å². The molecule has 0 fully saturated rings. The molecule has 0 heterocycles. The summed E-state index contributed by atoms with van der Waals surface area (Å²) in [6.07, 6.45) is 77.7. The van der Waals surface area contributed by atoms with Crippen molar-refractivity contribution in [3.8, 4) is 0 Å². The van der Waals surface area contributed by atoms with Gasteiger partial charge in [0, 0.05) is 19.3 Å². The summed E-state index contributed by atoms with van der Waals surface area (Å²) in [5.74, 6) is -0.840. The summed E-state index contributed by atoms with van der Waals surface area (Å²) in [7, 11) is 0. The Morgan fingerprint density at radius 1 is 0.253 bits per heavy atom. The third kappa shape index (κ3) is 62.6. The lowest BCUT2D eigenvalue weighted by molar-refractivity contribution is -0.167. The van der Waals surface area contributed by atoms with Crippen LogP contribution in [0.1, 0.15) is 380 Å². The fraction of sp³-hybridized carbons (Fsp3) is 0.899. The summed E-state index contributed by atoms with van der Waals surface area (Å²) in [5, 5.41) is 0. The normalized spacial score (nSPS) is 12.1. The van der Waals surface area contributed by atoms with Gasteiger partial charge in [-0.15, -0.1) is 0 Å². The molecule has 0 bridgehead atoms. The molecule has 0 radical (unpaired) electrons. The molecule has 442 valence electrons. The Morgan fingerprint density at radius 2 is 0.440 bits per heavy atom. The van der Waals surface area contributed by atoms with Gasteiger partial charge in [0.1, 0.15) is 13.2 Å². The van der Waals surface area contributed by atoms with E-state index in [0.29, 0.717) is 19.3 Å². The molecule has 0 spiro atoms. The fourth-order valence-electron chi connectivity index (χ4n) is 10.3. The Labute approximate surface area is 468 Å². The molecule has 0 saturated heterocycles. The van der Waals surface area contributed by atoms with Crippen molar-refractivity contribution in [3.63, 3.8) is 0 Å². The van der Waals surface area contributed by atoms with Crippen LogP contribution in [0.5, 0.6) is 0 Å². The maximum atomic E-state index is 12.9. The maximum Gasteiger partial charge on any atom is 0.306 e. The highest BCUT2D eigenvalue weighted by Crippen LogP contribution is 2.18. The summed E-state index contributed by atoms with van der Waals surface area (Å²) < 4.78 is 17.0. The first kappa shape index (κ1) is 72.9. The lowest BCUT2D eigenvalue weighted by Crippen LogP contribution is -2.30. The Balaban J connectivity index is 4.23. The van der Waals surface area contributed by atoms with Crippen molar-refractivity contribution < 1.29 is 28.6 Å². The molecular formula is C69H130O6. The first-order valence-corrected chi connectivity index (χ1v) is 33.8. The highest BCUT2D eigenvalue weighted by atomic mass is 16.6. The van der Waals surface area contributed by atoms with Crippen molar-refractivity contribution in [2.24, 2.45) is 0 Å². The predicted octanol–water partition coefficient (Wildman–Crippen LogP) is 23.0. The van der Waals surface area contributed by atoms with Crippen LogP contribution >= 0.6 is 0 Å². The molecular weight excluding hydrogens is 925 g/mol. The van der Waals surface area contributed by atoms with Crippen LogP contribution in [0.2, 0.25) is 0 Å². The maximum absolute atomic E-state index is 12.9. The van der Waals surface area contributed by atoms with E-state index in [9.17, 15) is 14.4 Å². The predicted molar refractivity (Wildman–Crippen MR) is 326 cm³/mol. The highest BCUT2D eigenvalue weighted by molar-refractivity contribution is 5.71. The monoisotopic (exact) mass is 1050 g/mol. The smallest absolute Gasteiger partial charge is 0.306 e. The number of esters is 3. The summed E-state index contributed by atoms with van der Waals surface area (Å²) in [6, 6.07) is 0. The van der Waals surface area contributed by atoms with E-state index in [4.69, 9.17) is 14.2 Å². The van der Waals surface area contributed by atoms with E-state index in [2.05, 4.69) is 45.1 Å². The van der Waals surface area contributed by atoms with Crippen LogP contribution in [0.3, 0.4) is 0 Å². The van der Waals surface area contributed by atoms with Crippen molar-refractivity contribution in [3.05, 3.63) is 24.3 Å². The first-order chi connectivity index (χ1) is 37.0. The van der Waals surface area contributed by atoms with Crippen molar-refractivity contribution >= 4 is 17.9 Å². The second kappa shape index (κ2) is 64.4. The summed E-state index contributed by atoms with van der Waals surface area (Å²) in [6.45, 7) is 6.70. The largest absolute Gasteiger partial charge is 0.462 e. The fourth-order valence-corrected chi connectivity index (χ4v) is 10.3. The van der Waals surface area contributed by atoms with Crippen LogP contribution in [0.15, 0.2) is 24.3 Å². The average Bonchev–Trinajstić information content (AvgIpc) is 3.41. The van der Waals surface area contributed by atoms with Gasteiger partial charge in [0.2, 0.25) is 0 Å². The van der Waals surface area contributed by atoms with Gasteiger partial charge in [0.05, 0.1) is 0 Å². The summed E-state index contributed by atoms with van der Waals surface area (Å²) in [5.41, 5.74) is 0. The van der Waals surface area contributed by atoms with Crippen LogP contribution in [-0.2, 0) is 28.6 Å². The molecule has 0 aliphatic heterocycles. The van der Waals surface area contributed by atoms with E-state index < -0.39 is 6.10 Å². The van der Waals surface area contributed by atoms with Crippen LogP contribution in [0, 0.1) is 0 Å². The van der Waals surface area contributed by atoms with Crippen molar-refractivity contribution in [2.45, 2.75) is 386 Å². The van der Waals surface area contributed by atoms with Gasteiger partial charge in [-0.1, -0.05) is 315 Å². The molecule has 0 aromatic heterocycles. The van der Waals surface area contributed by atoms with Crippen molar-refractivity contribution in [2.75, 3.05) is 13.2 Å². The van der Waals surface area contributed by atoms with E-state index in [1.165, 1.54) is 283 Å². The molecule has 0 aliphatic rings. The zero-order valence-electron chi connectivity index (χ0n) is 50.8. The molecule has 6 heteroatoms. The number of carbonyl (C=O) groups is 3. The van der Waals surface area contributed by atoms with Gasteiger partial charge < -0.3 is 14.2 Å². The third-order valence-electron chi connectivity index (χ3n) is 15.4. The van der Waals surface area contributed by atoms with E-state index in [1.54, 1.807) is 0 Å². The van der Waals surface area contributed by atoms with Crippen LogP contribution in [0.25, 0.3) is 0 Å². The van der Waals surface area contributed by atoms with E-state index in [1.807, 2.05) is 0 Å². The average molecular weight is 1060 g/mol. The van der Waals surface area contributed by atoms with Gasteiger partial charge in [-0.2, -0.15) is 0 Å². The minimum Gasteiger partial charge on any atom is -0.462 e. The summed E-state index contributed by atoms with van der Waals surface area (Å²) in [4.78, 5) is 38.3. The lowest BCUT2D eigenvalue weighted by Gasteiger charge is -2.18. The van der Waals surface area contributed by atoms with Gasteiger partial charge in [0.25, 0.3) is 0 Å². The molecule has 1 unspecified atom stereocenters. The molecule has 0 aromatic rings. The Morgan fingerprint density at radius 3 is 0.667 bits per heavy atom. The first-order valence-electron chi connectivity index (χ1n) is 33.8. The third-order valence-corrected chi connectivity index (χ3v) is 15.4. The van der Waals surface area contributed by atoms with Crippen molar-refractivity contribution in [1.82, 2.24) is 0 Å². The van der Waals surface area contributed by atoms with E-state index in [0.717, 1.165) is 57.8 Å². The number of allylic oxidation sites excluding steroid dienone is 4. The molecule has 75 heavy (non-hydrogen) atoms. The molecule has 0 amide bonds. The molecule has 1 atom stereocenters. The molecule has 6 nitrogen and oxygen atoms in total. The second-order valence-corrected chi connectivity index (χ2v) is 23.1. The molecule has 0 saturated carbocycles. The zero-order valence-corrected chi connectivity index (χ0v) is 50.8. The van der Waals surface area contributed by atoms with Crippen LogP contribution in [0.4, 0.5) is 0 Å². The Kier molecular flexibility index (Phi) is 62.6. The molecule has 0 N–H and O–H groups in total. The molecule has 0 aromatic carbocycles. The number of hydrogen-bond acceptors (Lipinski definition) is 6. The SMILES string of the molecule is CCCCCCCC/C=C\CCCCCCCCCCCC(=O)OC(COC(=O)CCCCCCCCCCCCCCC)COC(=O)CCCCCCCCCCCCCCC/C=C\CCCCCCCCCC.